The van der Waals surface area contributed by atoms with E-state index in [-0.39, 0.29) is 0 Å². The average Bonchev–Trinajstić information content (AvgIpc) is 2.54. The molecule has 0 spiro atoms. The summed E-state index contributed by atoms with van der Waals surface area (Å²) in [7, 11) is 0. The molecule has 0 amide bonds. The molecule has 0 heteroatoms. The molecule has 0 heterocycles. The van der Waals surface area contributed by atoms with Crippen LogP contribution in [0.1, 0.15) is 146 Å². The monoisotopic (exact) mass is 330 g/mol. The summed E-state index contributed by atoms with van der Waals surface area (Å²) in [6, 6.07) is 0. The van der Waals surface area contributed by atoms with Crippen LogP contribution in [0.5, 0.6) is 0 Å². The van der Waals surface area contributed by atoms with E-state index in [0.29, 0.717) is 0 Å². The van der Waals surface area contributed by atoms with E-state index in [2.05, 4.69) is 48.5 Å². The minimum Gasteiger partial charge on any atom is -0.0683 e. The normalized spacial score (nSPS) is 10.3. The molecular weight excluding hydrogens is 276 g/mol. The second-order valence-corrected chi connectivity index (χ2v) is 6.57. The van der Waals surface area contributed by atoms with Crippen molar-refractivity contribution in [2.24, 2.45) is 5.92 Å². The lowest BCUT2D eigenvalue weighted by atomic mass is 9.98. The van der Waals surface area contributed by atoms with Gasteiger partial charge in [0.2, 0.25) is 0 Å². The molecule has 0 saturated heterocycles. The molecule has 0 N–H and O–H groups in total. The highest BCUT2D eigenvalue weighted by Crippen LogP contribution is 2.16. The lowest BCUT2D eigenvalue weighted by Gasteiger charge is -2.09. The van der Waals surface area contributed by atoms with Crippen molar-refractivity contribution < 1.29 is 0 Å². The van der Waals surface area contributed by atoms with Crippen molar-refractivity contribution in [3.63, 3.8) is 0 Å². The lowest BCUT2D eigenvalue weighted by molar-refractivity contribution is 0.450. The van der Waals surface area contributed by atoms with Crippen LogP contribution in [0.2, 0.25) is 0 Å². The first-order chi connectivity index (χ1) is 11.1. The SMILES string of the molecule is CC.CCC.CCC.CCCCCCCCCCC(C)CCC. The average molecular weight is 331 g/mol. The van der Waals surface area contributed by atoms with Crippen LogP contribution < -0.4 is 0 Å². The Morgan fingerprint density at radius 1 is 0.478 bits per heavy atom. The zero-order chi connectivity index (χ0) is 18.8. The van der Waals surface area contributed by atoms with Crippen LogP contribution in [-0.4, -0.2) is 0 Å². The molecule has 0 nitrogen and oxygen atoms in total. The summed E-state index contributed by atoms with van der Waals surface area (Å²) in [5, 5.41) is 0. The summed E-state index contributed by atoms with van der Waals surface area (Å²) in [4.78, 5) is 0. The minimum absolute atomic E-state index is 0.968. The molecule has 0 fully saturated rings. The third-order valence-corrected chi connectivity index (χ3v) is 3.33. The standard InChI is InChI=1S/C15H32.2C3H8.C2H6/c1-4-6-7-8-9-10-11-12-14-15(3)13-5-2;2*1-3-2;1-2/h15H,4-14H2,1-3H3;2*3H2,1-2H3;1-2H3. The zero-order valence-electron chi connectivity index (χ0n) is 18.8. The zero-order valence-corrected chi connectivity index (χ0v) is 18.8. The molecule has 0 bridgehead atoms. The third-order valence-electron chi connectivity index (χ3n) is 3.33. The Labute approximate surface area is 152 Å². The van der Waals surface area contributed by atoms with Gasteiger partial charge in [-0.05, 0) is 5.92 Å². The molecule has 146 valence electrons. The van der Waals surface area contributed by atoms with E-state index in [0.717, 1.165) is 5.92 Å². The van der Waals surface area contributed by atoms with Gasteiger partial charge in [0.15, 0.2) is 0 Å². The maximum atomic E-state index is 2.41. The van der Waals surface area contributed by atoms with E-state index in [1.165, 1.54) is 83.5 Å². The van der Waals surface area contributed by atoms with Gasteiger partial charge in [0.05, 0.1) is 0 Å². The number of unbranched alkanes of at least 4 members (excludes halogenated alkanes) is 7. The highest BCUT2D eigenvalue weighted by atomic mass is 14.1. The topological polar surface area (TPSA) is 0 Å². The highest BCUT2D eigenvalue weighted by molar-refractivity contribution is 4.53. The smallest absolute Gasteiger partial charge is 0.0443 e. The Kier molecular flexibility index (Phi) is 50.8. The summed E-state index contributed by atoms with van der Waals surface area (Å²) in [5.41, 5.74) is 0. The van der Waals surface area contributed by atoms with E-state index in [1.54, 1.807) is 0 Å². The molecule has 0 radical (unpaired) electrons. The molecule has 0 aromatic heterocycles. The first-order valence-electron chi connectivity index (χ1n) is 11.1. The third kappa shape index (κ3) is 52.1. The van der Waals surface area contributed by atoms with Crippen molar-refractivity contribution >= 4 is 0 Å². The van der Waals surface area contributed by atoms with Crippen molar-refractivity contribution in [1.82, 2.24) is 0 Å². The van der Waals surface area contributed by atoms with Gasteiger partial charge < -0.3 is 0 Å². The van der Waals surface area contributed by atoms with Gasteiger partial charge in [-0.25, -0.2) is 0 Å². The van der Waals surface area contributed by atoms with Gasteiger partial charge in [-0.15, -0.1) is 0 Å². The van der Waals surface area contributed by atoms with Crippen LogP contribution in [0.15, 0.2) is 0 Å². The second-order valence-electron chi connectivity index (χ2n) is 6.57. The Morgan fingerprint density at radius 3 is 1.17 bits per heavy atom. The molecule has 0 aliphatic carbocycles. The van der Waals surface area contributed by atoms with Crippen LogP contribution in [0, 0.1) is 5.92 Å². The maximum Gasteiger partial charge on any atom is -0.0443 e. The highest BCUT2D eigenvalue weighted by Gasteiger charge is 1.99. The van der Waals surface area contributed by atoms with Gasteiger partial charge in [-0.1, -0.05) is 146 Å². The predicted molar refractivity (Wildman–Crippen MR) is 115 cm³/mol. The number of rotatable bonds is 11. The second kappa shape index (κ2) is 37.9. The molecule has 0 aromatic carbocycles. The van der Waals surface area contributed by atoms with Gasteiger partial charge in [0, 0.05) is 0 Å². The fourth-order valence-corrected chi connectivity index (χ4v) is 2.26. The summed E-state index contributed by atoms with van der Waals surface area (Å²) in [5.74, 6) is 0.968. The Hall–Kier alpha value is 0. The fourth-order valence-electron chi connectivity index (χ4n) is 2.26. The first kappa shape index (κ1) is 30.8. The van der Waals surface area contributed by atoms with Crippen molar-refractivity contribution in [1.29, 1.82) is 0 Å². The van der Waals surface area contributed by atoms with Gasteiger partial charge in [-0.2, -0.15) is 0 Å². The van der Waals surface area contributed by atoms with Crippen molar-refractivity contribution in [2.75, 3.05) is 0 Å². The lowest BCUT2D eigenvalue weighted by Crippen LogP contribution is -1.93. The first-order valence-corrected chi connectivity index (χ1v) is 11.1. The number of hydrogen-bond donors (Lipinski definition) is 0. The van der Waals surface area contributed by atoms with Crippen molar-refractivity contribution in [3.05, 3.63) is 0 Å². The molecule has 0 aromatic rings. The van der Waals surface area contributed by atoms with Gasteiger partial charge in [-0.3, -0.25) is 0 Å². The van der Waals surface area contributed by atoms with E-state index < -0.39 is 0 Å². The van der Waals surface area contributed by atoms with E-state index in [4.69, 9.17) is 0 Å². The molecule has 0 aliphatic heterocycles. The quantitative estimate of drug-likeness (QED) is 0.330. The summed E-state index contributed by atoms with van der Waals surface area (Å²) < 4.78 is 0. The van der Waals surface area contributed by atoms with Crippen LogP contribution in [0.25, 0.3) is 0 Å². The van der Waals surface area contributed by atoms with E-state index >= 15 is 0 Å². The Morgan fingerprint density at radius 2 is 0.826 bits per heavy atom. The fraction of sp³-hybridized carbons (Fsp3) is 1.00. The molecular formula is C23H54. The van der Waals surface area contributed by atoms with Gasteiger partial charge >= 0.3 is 0 Å². The predicted octanol–water partition coefficient (Wildman–Crippen LogP) is 9.81. The van der Waals surface area contributed by atoms with Crippen molar-refractivity contribution in [3.8, 4) is 0 Å². The van der Waals surface area contributed by atoms with E-state index in [1.807, 2.05) is 13.8 Å². The van der Waals surface area contributed by atoms with Crippen LogP contribution >= 0.6 is 0 Å². The van der Waals surface area contributed by atoms with Crippen LogP contribution in [0.3, 0.4) is 0 Å². The van der Waals surface area contributed by atoms with Gasteiger partial charge in [0.1, 0.15) is 0 Å². The molecule has 1 atom stereocenters. The maximum absolute atomic E-state index is 2.41. The molecule has 0 rings (SSSR count). The summed E-state index contributed by atoms with van der Waals surface area (Å²) in [6.45, 7) is 19.5. The van der Waals surface area contributed by atoms with Crippen LogP contribution in [0.4, 0.5) is 0 Å². The van der Waals surface area contributed by atoms with Gasteiger partial charge in [0.25, 0.3) is 0 Å². The largest absolute Gasteiger partial charge is 0.0683 e. The Balaban J connectivity index is -0.000000190. The van der Waals surface area contributed by atoms with E-state index in [9.17, 15) is 0 Å². The summed E-state index contributed by atoms with van der Waals surface area (Å²) >= 11 is 0. The molecule has 0 saturated carbocycles. The number of hydrogen-bond acceptors (Lipinski definition) is 0. The molecule has 0 aliphatic rings. The molecule has 23 heavy (non-hydrogen) atoms. The molecule has 1 unspecified atom stereocenters. The minimum atomic E-state index is 0.968. The van der Waals surface area contributed by atoms with Crippen LogP contribution in [-0.2, 0) is 0 Å². The Bertz CT molecular complexity index is 126. The summed E-state index contributed by atoms with van der Waals surface area (Å²) in [6.07, 6.45) is 18.4. The van der Waals surface area contributed by atoms with Crippen molar-refractivity contribution in [2.45, 2.75) is 146 Å².